The van der Waals surface area contributed by atoms with Crippen molar-refractivity contribution in [3.8, 4) is 6.07 Å². The van der Waals surface area contributed by atoms with Gasteiger partial charge in [0.2, 0.25) is 0 Å². The van der Waals surface area contributed by atoms with Crippen LogP contribution in [0.1, 0.15) is 29.5 Å². The molecule has 1 saturated heterocycles. The Kier molecular flexibility index (Phi) is 4.59. The van der Waals surface area contributed by atoms with Crippen molar-refractivity contribution >= 4 is 22.4 Å². The highest BCUT2D eigenvalue weighted by Gasteiger charge is 2.14. The number of aromatic nitrogens is 2. The van der Waals surface area contributed by atoms with Crippen molar-refractivity contribution in [1.82, 2.24) is 9.97 Å². The summed E-state index contributed by atoms with van der Waals surface area (Å²) in [6, 6.07) is 9.08. The lowest BCUT2D eigenvalue weighted by molar-refractivity contribution is 0.628. The van der Waals surface area contributed by atoms with Crippen molar-refractivity contribution in [2.75, 3.05) is 23.3 Å². The number of pyridine rings is 2. The van der Waals surface area contributed by atoms with E-state index in [1.54, 1.807) is 0 Å². The monoisotopic (exact) mass is 361 g/mol. The number of hydrogen-bond acceptors (Lipinski definition) is 5. The maximum absolute atomic E-state index is 13.9. The van der Waals surface area contributed by atoms with E-state index in [0.29, 0.717) is 28.7 Å². The van der Waals surface area contributed by atoms with Gasteiger partial charge in [0.25, 0.3) is 0 Å². The topological polar surface area (TPSA) is 64.8 Å². The van der Waals surface area contributed by atoms with Crippen molar-refractivity contribution in [3.63, 3.8) is 0 Å². The molecule has 0 radical (unpaired) electrons. The summed E-state index contributed by atoms with van der Waals surface area (Å²) in [6.45, 7) is 4.43. The third-order valence-electron chi connectivity index (χ3n) is 4.96. The molecule has 0 aliphatic carbocycles. The van der Waals surface area contributed by atoms with E-state index in [1.165, 1.54) is 31.2 Å². The van der Waals surface area contributed by atoms with Gasteiger partial charge in [-0.3, -0.25) is 4.98 Å². The van der Waals surface area contributed by atoms with Gasteiger partial charge in [-0.25, -0.2) is 9.37 Å². The van der Waals surface area contributed by atoms with E-state index in [0.717, 1.165) is 30.0 Å². The molecule has 1 N–H and O–H groups in total. The highest BCUT2D eigenvalue weighted by molar-refractivity contribution is 5.95. The molecule has 0 bridgehead atoms. The second kappa shape index (κ2) is 7.20. The molecule has 3 heterocycles. The third-order valence-corrected chi connectivity index (χ3v) is 4.96. The molecule has 4 rings (SSSR count). The molecule has 0 spiro atoms. The Morgan fingerprint density at radius 1 is 1.19 bits per heavy atom. The SMILES string of the molecule is Cc1cc(F)cc2c(NCc3ccc(N4CCCC4)nc3)c(C#N)cnc12. The van der Waals surface area contributed by atoms with E-state index in [2.05, 4.69) is 26.3 Å². The predicted molar refractivity (Wildman–Crippen MR) is 104 cm³/mol. The number of nitrogens with zero attached hydrogens (tertiary/aromatic N) is 4. The maximum atomic E-state index is 13.9. The van der Waals surface area contributed by atoms with Gasteiger partial charge in [-0.05, 0) is 49.1 Å². The molecule has 1 aromatic carbocycles. The first-order chi connectivity index (χ1) is 13.2. The first-order valence-corrected chi connectivity index (χ1v) is 9.08. The van der Waals surface area contributed by atoms with Crippen LogP contribution in [0.15, 0.2) is 36.7 Å². The molecule has 2 aromatic heterocycles. The number of anilines is 2. The van der Waals surface area contributed by atoms with E-state index in [9.17, 15) is 9.65 Å². The fraction of sp³-hybridized carbons (Fsp3) is 0.286. The van der Waals surface area contributed by atoms with E-state index in [4.69, 9.17) is 0 Å². The molecule has 1 aliphatic heterocycles. The Labute approximate surface area is 157 Å². The minimum Gasteiger partial charge on any atom is -0.379 e. The van der Waals surface area contributed by atoms with Crippen LogP contribution in [0.2, 0.25) is 0 Å². The minimum atomic E-state index is -0.337. The van der Waals surface area contributed by atoms with Gasteiger partial charge >= 0.3 is 0 Å². The van der Waals surface area contributed by atoms with E-state index < -0.39 is 0 Å². The Bertz CT molecular complexity index is 1020. The standard InChI is InChI=1S/C21H20FN5/c1-14-8-17(22)9-18-20(14)26-13-16(10-23)21(18)25-12-15-4-5-19(24-11-15)27-6-2-3-7-27/h4-5,8-9,11,13H,2-3,6-7,12H2,1H3,(H,25,26). The Balaban J connectivity index is 1.60. The van der Waals surface area contributed by atoms with Crippen LogP contribution >= 0.6 is 0 Å². The molecule has 0 saturated carbocycles. The number of rotatable bonds is 4. The number of hydrogen-bond donors (Lipinski definition) is 1. The first kappa shape index (κ1) is 17.2. The summed E-state index contributed by atoms with van der Waals surface area (Å²) >= 11 is 0. The van der Waals surface area contributed by atoms with Crippen LogP contribution in [-0.2, 0) is 6.54 Å². The summed E-state index contributed by atoms with van der Waals surface area (Å²) in [6.07, 6.45) is 5.81. The average molecular weight is 361 g/mol. The summed E-state index contributed by atoms with van der Waals surface area (Å²) in [4.78, 5) is 11.2. The van der Waals surface area contributed by atoms with Crippen LogP contribution in [0.5, 0.6) is 0 Å². The number of nitrogens with one attached hydrogen (secondary N) is 1. The van der Waals surface area contributed by atoms with Gasteiger partial charge in [0.15, 0.2) is 0 Å². The Hall–Kier alpha value is -3.20. The number of nitriles is 1. The molecule has 1 fully saturated rings. The van der Waals surface area contributed by atoms with Crippen LogP contribution in [0.4, 0.5) is 15.9 Å². The second-order valence-corrected chi connectivity index (χ2v) is 6.85. The zero-order chi connectivity index (χ0) is 18.8. The largest absolute Gasteiger partial charge is 0.379 e. The number of aryl methyl sites for hydroxylation is 1. The summed E-state index contributed by atoms with van der Waals surface area (Å²) in [5, 5.41) is 13.3. The molecule has 27 heavy (non-hydrogen) atoms. The summed E-state index contributed by atoms with van der Waals surface area (Å²) in [7, 11) is 0. The van der Waals surface area contributed by atoms with Gasteiger partial charge in [0.1, 0.15) is 17.7 Å². The fourth-order valence-electron chi connectivity index (χ4n) is 3.56. The van der Waals surface area contributed by atoms with Gasteiger partial charge in [-0.15, -0.1) is 0 Å². The molecular weight excluding hydrogens is 341 g/mol. The quantitative estimate of drug-likeness (QED) is 0.756. The zero-order valence-corrected chi connectivity index (χ0v) is 15.2. The molecule has 3 aromatic rings. The molecular formula is C21H20FN5. The van der Waals surface area contributed by atoms with Crippen molar-refractivity contribution in [1.29, 1.82) is 5.26 Å². The number of halogens is 1. The van der Waals surface area contributed by atoms with E-state index >= 15 is 0 Å². The molecule has 0 unspecified atom stereocenters. The van der Waals surface area contributed by atoms with E-state index in [1.807, 2.05) is 25.3 Å². The van der Waals surface area contributed by atoms with Crippen LogP contribution in [-0.4, -0.2) is 23.1 Å². The zero-order valence-electron chi connectivity index (χ0n) is 15.2. The van der Waals surface area contributed by atoms with Crippen LogP contribution in [0.3, 0.4) is 0 Å². The molecule has 136 valence electrons. The molecule has 6 heteroatoms. The van der Waals surface area contributed by atoms with Crippen molar-refractivity contribution in [3.05, 3.63) is 59.2 Å². The highest BCUT2D eigenvalue weighted by atomic mass is 19.1. The molecule has 1 aliphatic rings. The predicted octanol–water partition coefficient (Wildman–Crippen LogP) is 4.16. The Morgan fingerprint density at radius 3 is 2.70 bits per heavy atom. The lowest BCUT2D eigenvalue weighted by Crippen LogP contribution is -2.18. The van der Waals surface area contributed by atoms with E-state index in [-0.39, 0.29) is 5.82 Å². The van der Waals surface area contributed by atoms with Crippen molar-refractivity contribution < 1.29 is 4.39 Å². The Morgan fingerprint density at radius 2 is 2.00 bits per heavy atom. The molecule has 0 amide bonds. The molecule has 0 atom stereocenters. The van der Waals surface area contributed by atoms with Gasteiger partial charge in [-0.2, -0.15) is 5.26 Å². The third kappa shape index (κ3) is 3.41. The van der Waals surface area contributed by atoms with Gasteiger partial charge < -0.3 is 10.2 Å². The smallest absolute Gasteiger partial charge is 0.128 e. The van der Waals surface area contributed by atoms with Crippen molar-refractivity contribution in [2.24, 2.45) is 0 Å². The highest BCUT2D eigenvalue weighted by Crippen LogP contribution is 2.29. The minimum absolute atomic E-state index is 0.337. The normalized spacial score (nSPS) is 13.7. The lowest BCUT2D eigenvalue weighted by atomic mass is 10.1. The molecule has 5 nitrogen and oxygen atoms in total. The average Bonchev–Trinajstić information content (AvgIpc) is 3.21. The second-order valence-electron chi connectivity index (χ2n) is 6.85. The van der Waals surface area contributed by atoms with Gasteiger partial charge in [0, 0.05) is 37.4 Å². The van der Waals surface area contributed by atoms with Crippen LogP contribution in [0, 0.1) is 24.1 Å². The lowest BCUT2D eigenvalue weighted by Gasteiger charge is -2.17. The van der Waals surface area contributed by atoms with Gasteiger partial charge in [-0.1, -0.05) is 6.07 Å². The summed E-state index contributed by atoms with van der Waals surface area (Å²) in [5.74, 6) is 0.664. The van der Waals surface area contributed by atoms with Crippen molar-refractivity contribution in [2.45, 2.75) is 26.3 Å². The summed E-state index contributed by atoms with van der Waals surface area (Å²) < 4.78 is 13.9. The number of fused-ring (bicyclic) bond motifs is 1. The number of benzene rings is 1. The van der Waals surface area contributed by atoms with Crippen LogP contribution < -0.4 is 10.2 Å². The van der Waals surface area contributed by atoms with Gasteiger partial charge in [0.05, 0.1) is 16.8 Å². The summed E-state index contributed by atoms with van der Waals surface area (Å²) in [5.41, 5.74) is 3.44. The maximum Gasteiger partial charge on any atom is 0.128 e. The first-order valence-electron chi connectivity index (χ1n) is 9.08. The fourth-order valence-corrected chi connectivity index (χ4v) is 3.56. The van der Waals surface area contributed by atoms with Crippen LogP contribution in [0.25, 0.3) is 10.9 Å².